The van der Waals surface area contributed by atoms with E-state index in [4.69, 9.17) is 5.73 Å². The first kappa shape index (κ1) is 18.9. The molecule has 1 aromatic heterocycles. The standard InChI is InChI=1S/C14H21BrN4O4S/c1-14(2,3)19(13(20)21)10-4-5-18(8-10)24(22,23)11-6-9(15)7-17-12(11)16/h6-7,10H,4-5,8H2,1-3H3,(H2,16,17)(H,20,21)/p-1/t10-/m1/s1. The molecule has 0 unspecified atom stereocenters. The number of nitrogen functional groups attached to an aromatic ring is 1. The molecule has 24 heavy (non-hydrogen) atoms. The summed E-state index contributed by atoms with van der Waals surface area (Å²) in [6.07, 6.45) is 0.500. The molecular weight excluding hydrogens is 400 g/mol. The Labute approximate surface area is 149 Å². The van der Waals surface area contributed by atoms with E-state index in [-0.39, 0.29) is 23.8 Å². The van der Waals surface area contributed by atoms with Gasteiger partial charge in [-0.1, -0.05) is 0 Å². The minimum absolute atomic E-state index is 0.0551. The largest absolute Gasteiger partial charge is 0.530 e. The molecule has 0 bridgehead atoms. The van der Waals surface area contributed by atoms with Crippen LogP contribution in [0.5, 0.6) is 0 Å². The van der Waals surface area contributed by atoms with Crippen LogP contribution in [0, 0.1) is 0 Å². The van der Waals surface area contributed by atoms with Crippen molar-refractivity contribution in [2.75, 3.05) is 18.8 Å². The lowest BCUT2D eigenvalue weighted by Gasteiger charge is -2.42. The highest BCUT2D eigenvalue weighted by Gasteiger charge is 2.39. The summed E-state index contributed by atoms with van der Waals surface area (Å²) in [6, 6.07) is 0.928. The monoisotopic (exact) mass is 419 g/mol. The van der Waals surface area contributed by atoms with Crippen molar-refractivity contribution < 1.29 is 18.3 Å². The van der Waals surface area contributed by atoms with Crippen LogP contribution in [0.4, 0.5) is 10.6 Å². The van der Waals surface area contributed by atoms with Gasteiger partial charge in [0.25, 0.3) is 0 Å². The van der Waals surface area contributed by atoms with Crippen molar-refractivity contribution in [1.29, 1.82) is 0 Å². The Kier molecular flexibility index (Phi) is 5.12. The minimum atomic E-state index is -3.85. The van der Waals surface area contributed by atoms with Crippen molar-refractivity contribution in [2.24, 2.45) is 0 Å². The zero-order valence-electron chi connectivity index (χ0n) is 13.7. The molecule has 0 aliphatic carbocycles. The Morgan fingerprint density at radius 1 is 1.50 bits per heavy atom. The van der Waals surface area contributed by atoms with Crippen molar-refractivity contribution in [3.05, 3.63) is 16.7 Å². The van der Waals surface area contributed by atoms with Gasteiger partial charge >= 0.3 is 0 Å². The maximum Gasteiger partial charge on any atom is 0.246 e. The molecule has 2 rings (SSSR count). The van der Waals surface area contributed by atoms with Crippen LogP contribution in [0.2, 0.25) is 0 Å². The van der Waals surface area contributed by atoms with Gasteiger partial charge in [-0.25, -0.2) is 13.4 Å². The minimum Gasteiger partial charge on any atom is -0.530 e. The lowest BCUT2D eigenvalue weighted by Crippen LogP contribution is -2.57. The highest BCUT2D eigenvalue weighted by Crippen LogP contribution is 2.30. The molecule has 1 saturated heterocycles. The molecule has 1 aliphatic rings. The number of nitrogens with zero attached hydrogens (tertiary/aromatic N) is 3. The average Bonchev–Trinajstić information content (AvgIpc) is 2.89. The van der Waals surface area contributed by atoms with Gasteiger partial charge in [0, 0.05) is 35.3 Å². The van der Waals surface area contributed by atoms with Crippen LogP contribution < -0.4 is 10.8 Å². The summed E-state index contributed by atoms with van der Waals surface area (Å²) in [4.78, 5) is 16.4. The summed E-state index contributed by atoms with van der Waals surface area (Å²) < 4.78 is 27.3. The lowest BCUT2D eigenvalue weighted by atomic mass is 10.0. The van der Waals surface area contributed by atoms with Crippen LogP contribution in [-0.2, 0) is 10.0 Å². The van der Waals surface area contributed by atoms with Crippen LogP contribution in [0.3, 0.4) is 0 Å². The Morgan fingerprint density at radius 3 is 2.67 bits per heavy atom. The third kappa shape index (κ3) is 3.65. The second-order valence-corrected chi connectivity index (χ2v) is 9.47. The van der Waals surface area contributed by atoms with Gasteiger partial charge in [-0.3, -0.25) is 0 Å². The molecule has 1 fully saturated rings. The molecular formula is C14H20BrN4O4S-. The Bertz CT molecular complexity index is 748. The van der Waals surface area contributed by atoms with Gasteiger partial charge in [0.15, 0.2) is 0 Å². The molecule has 1 aromatic rings. The number of carbonyl (C=O) groups excluding carboxylic acids is 1. The van der Waals surface area contributed by atoms with E-state index in [1.54, 1.807) is 20.8 Å². The molecule has 2 N–H and O–H groups in total. The number of rotatable bonds is 3. The molecule has 1 amide bonds. The van der Waals surface area contributed by atoms with Gasteiger partial charge < -0.3 is 20.5 Å². The second kappa shape index (κ2) is 6.49. The molecule has 8 nitrogen and oxygen atoms in total. The van der Waals surface area contributed by atoms with Gasteiger partial charge in [-0.05, 0) is 49.2 Å². The molecule has 1 aliphatic heterocycles. The molecule has 0 aromatic carbocycles. The molecule has 0 saturated carbocycles. The zero-order chi connectivity index (χ0) is 18.3. The number of carboxylic acid groups (broad SMARTS) is 1. The molecule has 134 valence electrons. The van der Waals surface area contributed by atoms with Crippen LogP contribution in [0.25, 0.3) is 0 Å². The van der Waals surface area contributed by atoms with Crippen molar-refractivity contribution in [1.82, 2.24) is 14.2 Å². The van der Waals surface area contributed by atoms with E-state index in [1.807, 2.05) is 0 Å². The molecule has 10 heteroatoms. The van der Waals surface area contributed by atoms with Crippen molar-refractivity contribution >= 4 is 37.9 Å². The van der Waals surface area contributed by atoms with Crippen molar-refractivity contribution in [3.8, 4) is 0 Å². The average molecular weight is 420 g/mol. The number of hydrogen-bond donors (Lipinski definition) is 1. The van der Waals surface area contributed by atoms with Gasteiger partial charge in [0.1, 0.15) is 16.8 Å². The van der Waals surface area contributed by atoms with Gasteiger partial charge in [-0.2, -0.15) is 4.31 Å². The number of carbonyl (C=O) groups is 1. The number of halogens is 1. The van der Waals surface area contributed by atoms with Crippen LogP contribution in [0.1, 0.15) is 27.2 Å². The SMILES string of the molecule is CC(C)(C)N(C(=O)[O-])[C@@H]1CCN(S(=O)(=O)c2cc(Br)cnc2N)C1. The van der Waals surface area contributed by atoms with Crippen LogP contribution >= 0.6 is 15.9 Å². The van der Waals surface area contributed by atoms with E-state index in [2.05, 4.69) is 20.9 Å². The van der Waals surface area contributed by atoms with E-state index in [1.165, 1.54) is 21.5 Å². The van der Waals surface area contributed by atoms with E-state index in [9.17, 15) is 18.3 Å². The Morgan fingerprint density at radius 2 is 2.12 bits per heavy atom. The fourth-order valence-electron chi connectivity index (χ4n) is 2.89. The predicted molar refractivity (Wildman–Crippen MR) is 90.5 cm³/mol. The summed E-state index contributed by atoms with van der Waals surface area (Å²) >= 11 is 3.18. The van der Waals surface area contributed by atoms with Gasteiger partial charge in [0.2, 0.25) is 10.0 Å². The molecule has 0 spiro atoms. The predicted octanol–water partition coefficient (Wildman–Crippen LogP) is 0.633. The Hall–Kier alpha value is -1.39. The first-order chi connectivity index (χ1) is 10.9. The zero-order valence-corrected chi connectivity index (χ0v) is 16.1. The van der Waals surface area contributed by atoms with E-state index in [0.29, 0.717) is 10.9 Å². The summed E-state index contributed by atoms with van der Waals surface area (Å²) in [7, 11) is -3.85. The van der Waals surface area contributed by atoms with E-state index >= 15 is 0 Å². The highest BCUT2D eigenvalue weighted by molar-refractivity contribution is 9.10. The lowest BCUT2D eigenvalue weighted by molar-refractivity contribution is -0.273. The summed E-state index contributed by atoms with van der Waals surface area (Å²) in [6.45, 7) is 5.50. The van der Waals surface area contributed by atoms with E-state index in [0.717, 1.165) is 0 Å². The topological polar surface area (TPSA) is 120 Å². The Balaban J connectivity index is 2.29. The van der Waals surface area contributed by atoms with Gasteiger partial charge in [-0.15, -0.1) is 0 Å². The summed E-state index contributed by atoms with van der Waals surface area (Å²) in [5.74, 6) is -0.0887. The summed E-state index contributed by atoms with van der Waals surface area (Å²) in [5, 5.41) is 11.5. The molecule has 0 radical (unpaired) electrons. The first-order valence-corrected chi connectivity index (χ1v) is 9.59. The number of anilines is 1. The number of hydrogen-bond acceptors (Lipinski definition) is 6. The summed E-state index contributed by atoms with van der Waals surface area (Å²) in [5.41, 5.74) is 5.02. The van der Waals surface area contributed by atoms with E-state index < -0.39 is 27.7 Å². The fraction of sp³-hybridized carbons (Fsp3) is 0.571. The normalized spacial score (nSPS) is 19.4. The maximum atomic E-state index is 12.8. The first-order valence-electron chi connectivity index (χ1n) is 7.36. The third-order valence-corrected chi connectivity index (χ3v) is 6.20. The van der Waals surface area contributed by atoms with Crippen LogP contribution in [0.15, 0.2) is 21.6 Å². The number of nitrogens with two attached hydrogens (primary N) is 1. The maximum absolute atomic E-state index is 12.8. The molecule has 2 heterocycles. The molecule has 1 atom stereocenters. The third-order valence-electron chi connectivity index (χ3n) is 3.88. The number of sulfonamides is 1. The fourth-order valence-corrected chi connectivity index (χ4v) is 4.96. The number of aromatic nitrogens is 1. The van der Waals surface area contributed by atoms with Gasteiger partial charge in [0.05, 0.1) is 0 Å². The van der Waals surface area contributed by atoms with Crippen molar-refractivity contribution in [3.63, 3.8) is 0 Å². The number of amides is 1. The quantitative estimate of drug-likeness (QED) is 0.766. The number of pyridine rings is 1. The second-order valence-electron chi connectivity index (χ2n) is 6.65. The highest BCUT2D eigenvalue weighted by atomic mass is 79.9. The van der Waals surface area contributed by atoms with Crippen LogP contribution in [-0.4, -0.2) is 53.4 Å². The smallest absolute Gasteiger partial charge is 0.246 e. The van der Waals surface area contributed by atoms with Crippen molar-refractivity contribution in [2.45, 2.75) is 43.7 Å².